The fourth-order valence-corrected chi connectivity index (χ4v) is 6.99. The van der Waals surface area contributed by atoms with E-state index in [2.05, 4.69) is 33.9 Å². The number of aryl methyl sites for hydroxylation is 2. The zero-order chi connectivity index (χ0) is 24.6. The molecule has 5 heteroatoms. The van der Waals surface area contributed by atoms with Gasteiger partial charge >= 0.3 is 0 Å². The quantitative estimate of drug-likeness (QED) is 0.275. The van der Waals surface area contributed by atoms with E-state index < -0.39 is 0 Å². The van der Waals surface area contributed by atoms with Crippen LogP contribution in [-0.2, 0) is 13.0 Å². The molecular weight excluding hydrogens is 468 g/mol. The molecule has 2 unspecified atom stereocenters. The number of halogens is 1. The highest BCUT2D eigenvalue weighted by Gasteiger charge is 2.40. The average Bonchev–Trinajstić information content (AvgIpc) is 3.64. The van der Waals surface area contributed by atoms with Crippen LogP contribution in [0.15, 0.2) is 48.7 Å². The predicted molar refractivity (Wildman–Crippen MR) is 146 cm³/mol. The summed E-state index contributed by atoms with van der Waals surface area (Å²) in [6.45, 7) is 2.06. The van der Waals surface area contributed by atoms with Crippen molar-refractivity contribution in [1.82, 2.24) is 9.47 Å². The van der Waals surface area contributed by atoms with Crippen LogP contribution in [-0.4, -0.2) is 41.0 Å². The molecule has 3 fully saturated rings. The summed E-state index contributed by atoms with van der Waals surface area (Å²) in [6, 6.07) is 16.0. The minimum atomic E-state index is 0.229. The first-order valence-electron chi connectivity index (χ1n) is 13.8. The van der Waals surface area contributed by atoms with Crippen LogP contribution in [0.1, 0.15) is 67.3 Å². The summed E-state index contributed by atoms with van der Waals surface area (Å²) >= 11 is 6.05. The molecule has 1 aromatic heterocycles. The average molecular weight is 505 g/mol. The lowest BCUT2D eigenvalue weighted by Crippen LogP contribution is -2.43. The number of fused-ring (bicyclic) bond motifs is 3. The van der Waals surface area contributed by atoms with Crippen molar-refractivity contribution in [1.29, 1.82) is 0 Å². The first-order valence-corrected chi connectivity index (χ1v) is 14.2. The van der Waals surface area contributed by atoms with E-state index in [-0.39, 0.29) is 5.92 Å². The first kappa shape index (κ1) is 24.1. The summed E-state index contributed by atoms with van der Waals surface area (Å²) in [5.41, 5.74) is 3.36. The van der Waals surface area contributed by atoms with E-state index in [0.717, 1.165) is 84.0 Å². The summed E-state index contributed by atoms with van der Waals surface area (Å²) in [5, 5.41) is 1.87. The number of aromatic nitrogens is 1. The van der Waals surface area contributed by atoms with E-state index in [1.54, 1.807) is 7.11 Å². The maximum Gasteiger partial charge on any atom is 0.168 e. The number of carbonyl (C=O) groups excluding carboxylic acids is 1. The van der Waals surface area contributed by atoms with Crippen molar-refractivity contribution in [3.63, 3.8) is 0 Å². The predicted octanol–water partition coefficient (Wildman–Crippen LogP) is 7.16. The normalized spacial score (nSPS) is 23.9. The van der Waals surface area contributed by atoms with Gasteiger partial charge in [0.1, 0.15) is 5.75 Å². The fourth-order valence-electron chi connectivity index (χ4n) is 6.86. The van der Waals surface area contributed by atoms with Crippen LogP contribution in [0, 0.1) is 11.8 Å². The second-order valence-electron chi connectivity index (χ2n) is 11.2. The van der Waals surface area contributed by atoms with Crippen molar-refractivity contribution in [3.8, 4) is 5.75 Å². The smallest absolute Gasteiger partial charge is 0.168 e. The second kappa shape index (κ2) is 10.2. The highest BCUT2D eigenvalue weighted by Crippen LogP contribution is 2.41. The summed E-state index contributed by atoms with van der Waals surface area (Å²) in [7, 11) is 1.73. The number of ketones is 1. The Hall–Kier alpha value is -2.30. The number of carbonyl (C=O) groups is 1. The van der Waals surface area contributed by atoms with Gasteiger partial charge in [-0.15, -0.1) is 0 Å². The number of hydrogen-bond donors (Lipinski definition) is 0. The van der Waals surface area contributed by atoms with Crippen LogP contribution < -0.4 is 4.74 Å². The Morgan fingerprint density at radius 3 is 2.44 bits per heavy atom. The number of piperidine rings is 1. The molecule has 6 rings (SSSR count). The van der Waals surface area contributed by atoms with Gasteiger partial charge in [0.25, 0.3) is 0 Å². The first-order chi connectivity index (χ1) is 17.6. The largest absolute Gasteiger partial charge is 0.495 e. The molecule has 2 atom stereocenters. The van der Waals surface area contributed by atoms with Gasteiger partial charge in [0.05, 0.1) is 12.6 Å². The van der Waals surface area contributed by atoms with Crippen molar-refractivity contribution in [2.24, 2.45) is 11.8 Å². The molecule has 2 saturated heterocycles. The van der Waals surface area contributed by atoms with E-state index in [4.69, 9.17) is 16.3 Å². The van der Waals surface area contributed by atoms with Gasteiger partial charge in [-0.25, -0.2) is 0 Å². The topological polar surface area (TPSA) is 34.5 Å². The van der Waals surface area contributed by atoms with Crippen molar-refractivity contribution < 1.29 is 9.53 Å². The zero-order valence-corrected chi connectivity index (χ0v) is 22.1. The number of ether oxygens (including phenoxy) is 1. The second-order valence-corrected chi connectivity index (χ2v) is 11.6. The molecule has 190 valence electrons. The molecular formula is C31H37ClN2O2. The van der Waals surface area contributed by atoms with Gasteiger partial charge in [-0.1, -0.05) is 35.9 Å². The third-order valence-electron chi connectivity index (χ3n) is 8.85. The van der Waals surface area contributed by atoms with Gasteiger partial charge in [0.15, 0.2) is 5.78 Å². The van der Waals surface area contributed by atoms with Gasteiger partial charge in [-0.3, -0.25) is 9.69 Å². The molecule has 0 amide bonds. The monoisotopic (exact) mass is 504 g/mol. The number of para-hydroxylation sites is 1. The van der Waals surface area contributed by atoms with Crippen LogP contribution in [0.2, 0.25) is 5.02 Å². The van der Waals surface area contributed by atoms with Crippen LogP contribution in [0.4, 0.5) is 0 Å². The van der Waals surface area contributed by atoms with Crippen molar-refractivity contribution >= 4 is 28.3 Å². The molecule has 0 spiro atoms. The third kappa shape index (κ3) is 4.82. The van der Waals surface area contributed by atoms with E-state index in [1.807, 2.05) is 24.3 Å². The molecule has 4 nitrogen and oxygen atoms in total. The van der Waals surface area contributed by atoms with Crippen LogP contribution in [0.5, 0.6) is 5.75 Å². The van der Waals surface area contributed by atoms with Gasteiger partial charge in [0.2, 0.25) is 0 Å². The molecule has 3 aromatic rings. The summed E-state index contributed by atoms with van der Waals surface area (Å²) in [6.07, 6.45) is 13.1. The van der Waals surface area contributed by atoms with E-state index in [0.29, 0.717) is 5.78 Å². The number of methoxy groups -OCH3 is 1. The number of Topliss-reactive ketones (excluding diaryl/α,β-unsaturated/α-hetero) is 1. The highest BCUT2D eigenvalue weighted by atomic mass is 35.5. The number of hydrogen-bond acceptors (Lipinski definition) is 3. The Balaban J connectivity index is 1.08. The third-order valence-corrected chi connectivity index (χ3v) is 9.10. The van der Waals surface area contributed by atoms with E-state index in [9.17, 15) is 4.79 Å². The summed E-state index contributed by atoms with van der Waals surface area (Å²) < 4.78 is 7.98. The van der Waals surface area contributed by atoms with Crippen molar-refractivity contribution in [3.05, 3.63) is 64.8 Å². The molecule has 0 radical (unpaired) electrons. The molecule has 3 heterocycles. The fraction of sp³-hybridized carbons (Fsp3) is 0.516. The number of benzene rings is 2. The maximum atomic E-state index is 13.0. The number of rotatable bonds is 10. The lowest BCUT2D eigenvalue weighted by Gasteiger charge is -2.39. The van der Waals surface area contributed by atoms with Crippen molar-refractivity contribution in [2.45, 2.75) is 76.4 Å². The molecule has 2 bridgehead atoms. The summed E-state index contributed by atoms with van der Waals surface area (Å²) in [5.74, 6) is 2.24. The van der Waals surface area contributed by atoms with Gasteiger partial charge in [-0.2, -0.15) is 0 Å². The van der Waals surface area contributed by atoms with Crippen LogP contribution >= 0.6 is 11.6 Å². The molecule has 2 aliphatic heterocycles. The maximum absolute atomic E-state index is 13.0. The molecule has 36 heavy (non-hydrogen) atoms. The Morgan fingerprint density at radius 1 is 1.00 bits per heavy atom. The minimum Gasteiger partial charge on any atom is -0.495 e. The lowest BCUT2D eigenvalue weighted by molar-refractivity contribution is 0.0968. The molecule has 1 aliphatic carbocycles. The summed E-state index contributed by atoms with van der Waals surface area (Å²) in [4.78, 5) is 15.8. The lowest BCUT2D eigenvalue weighted by atomic mass is 9.86. The van der Waals surface area contributed by atoms with E-state index in [1.165, 1.54) is 37.7 Å². The van der Waals surface area contributed by atoms with E-state index >= 15 is 0 Å². The molecule has 2 aromatic carbocycles. The van der Waals surface area contributed by atoms with Crippen molar-refractivity contribution in [2.75, 3.05) is 13.7 Å². The molecule has 0 N–H and O–H groups in total. The molecule has 3 aliphatic rings. The Bertz CT molecular complexity index is 1220. The number of nitrogens with zero attached hydrogens (tertiary/aromatic N) is 2. The van der Waals surface area contributed by atoms with Gasteiger partial charge in [-0.05, 0) is 87.5 Å². The standard InChI is InChI=1S/C31H37ClN2O2/c1-36-29-5-2-4-27-28(31(35)23-10-11-23)20-33(30(27)29)16-3-17-34-25-14-15-26(34)19-22(18-25)7-6-21-8-12-24(32)13-9-21/h2,4-5,8-9,12-13,20,22-23,25-26H,3,6-7,10-11,14-19H2,1H3. The SMILES string of the molecule is COc1cccc2c(C(=O)C3CC3)cn(CCCN3C4CCC3CC(CCc3ccc(Cl)cc3)C4)c12. The van der Waals surface area contributed by atoms with Gasteiger partial charge < -0.3 is 9.30 Å². The Morgan fingerprint density at radius 2 is 1.75 bits per heavy atom. The van der Waals surface area contributed by atoms with Crippen LogP contribution in [0.3, 0.4) is 0 Å². The van der Waals surface area contributed by atoms with Gasteiger partial charge in [0, 0.05) is 53.3 Å². The zero-order valence-electron chi connectivity index (χ0n) is 21.3. The molecule has 1 saturated carbocycles. The Labute approximate surface area is 219 Å². The van der Waals surface area contributed by atoms with Crippen LogP contribution in [0.25, 0.3) is 10.9 Å². The minimum absolute atomic E-state index is 0.229. The Kier molecular flexibility index (Phi) is 6.83. The highest BCUT2D eigenvalue weighted by molar-refractivity contribution is 6.30.